The van der Waals surface area contributed by atoms with Gasteiger partial charge in [-0.3, -0.25) is 19.2 Å². The van der Waals surface area contributed by atoms with Gasteiger partial charge in [-0.15, -0.1) is 0 Å². The molecule has 1 N–H and O–H groups in total. The molecule has 4 aliphatic heterocycles. The molecule has 0 saturated carbocycles. The van der Waals surface area contributed by atoms with E-state index in [4.69, 9.17) is 0 Å². The van der Waals surface area contributed by atoms with Gasteiger partial charge < -0.3 is 20.0 Å². The van der Waals surface area contributed by atoms with Crippen LogP contribution in [0.1, 0.15) is 43.0 Å². The Morgan fingerprint density at radius 2 is 1.00 bits per heavy atom. The van der Waals surface area contributed by atoms with Gasteiger partial charge in [-0.2, -0.15) is 0 Å². The predicted octanol–water partition coefficient (Wildman–Crippen LogP) is 4.53. The van der Waals surface area contributed by atoms with Gasteiger partial charge in [0.05, 0.1) is 32.3 Å². The average Bonchev–Trinajstić information content (AvgIpc) is 3.63. The lowest BCUT2D eigenvalue weighted by Gasteiger charge is -2.30. The monoisotopic (exact) mass is 954 g/mol. The number of carbonyl (C=O) groups is 4. The van der Waals surface area contributed by atoms with Crippen LogP contribution in [0, 0.1) is 0 Å². The number of halogens is 1. The molecule has 0 saturated heterocycles. The van der Waals surface area contributed by atoms with E-state index < -0.39 is 43.4 Å². The second kappa shape index (κ2) is 16.9. The molecule has 0 spiro atoms. The molecule has 312 valence electrons. The Bertz CT molecular complexity index is 2610. The molecule has 0 aromatic heterocycles. The minimum atomic E-state index is -3.51. The minimum Gasteiger partial charge on any atom is -0.318 e. The summed E-state index contributed by atoms with van der Waals surface area (Å²) >= 11 is 2.15. The summed E-state index contributed by atoms with van der Waals surface area (Å²) in [7, 11) is 4.61. The van der Waals surface area contributed by atoms with Crippen molar-refractivity contribution in [3.8, 4) is 22.3 Å². The van der Waals surface area contributed by atoms with Crippen molar-refractivity contribution in [3.63, 3.8) is 0 Å². The van der Waals surface area contributed by atoms with E-state index in [0.717, 1.165) is 70.4 Å². The topological polar surface area (TPSA) is 165 Å². The number of ketones is 2. The zero-order valence-corrected chi connectivity index (χ0v) is 38.0. The summed E-state index contributed by atoms with van der Waals surface area (Å²) in [6, 6.07) is 16.9. The lowest BCUT2D eigenvalue weighted by molar-refractivity contribution is -0.114. The number of benzene rings is 4. The average molecular weight is 955 g/mol. The van der Waals surface area contributed by atoms with Crippen molar-refractivity contribution in [2.75, 3.05) is 77.6 Å². The number of fused-ring (bicyclic) bond motifs is 6. The highest BCUT2D eigenvalue weighted by molar-refractivity contribution is 14.1. The van der Waals surface area contributed by atoms with Crippen LogP contribution in [0.5, 0.6) is 0 Å². The highest BCUT2D eigenvalue weighted by Crippen LogP contribution is 2.43. The second-order valence-corrected chi connectivity index (χ2v) is 19.5. The van der Waals surface area contributed by atoms with Crippen molar-refractivity contribution in [1.82, 2.24) is 18.4 Å². The van der Waals surface area contributed by atoms with Crippen LogP contribution in [0.25, 0.3) is 22.3 Å². The maximum absolute atomic E-state index is 12.5. The van der Waals surface area contributed by atoms with E-state index >= 15 is 0 Å². The molecule has 8 rings (SSSR count). The minimum absolute atomic E-state index is 0.212. The Morgan fingerprint density at radius 1 is 0.576 bits per heavy atom. The summed E-state index contributed by atoms with van der Waals surface area (Å²) in [5.74, 6) is -2.14. The van der Waals surface area contributed by atoms with Gasteiger partial charge in [0.1, 0.15) is 0 Å². The molecule has 0 aliphatic carbocycles. The smallest absolute Gasteiger partial charge is 0.299 e. The van der Waals surface area contributed by atoms with Gasteiger partial charge in [-0.05, 0) is 113 Å². The fourth-order valence-electron chi connectivity index (χ4n) is 7.86. The fraction of sp³-hybridized carbons (Fsp3) is 0.333. The van der Waals surface area contributed by atoms with Crippen LogP contribution >= 0.6 is 22.6 Å². The molecule has 59 heavy (non-hydrogen) atoms. The number of rotatable bonds is 6. The molecule has 4 aromatic carbocycles. The van der Waals surface area contributed by atoms with Gasteiger partial charge in [0, 0.05) is 61.4 Å². The number of Topliss-reactive ketones (excluding diaryl/α,β-unsaturated/α-hetero) is 2. The number of sulfonamides is 2. The Balaban J connectivity index is 0.000000191. The van der Waals surface area contributed by atoms with E-state index in [9.17, 15) is 36.0 Å². The molecule has 17 heteroatoms. The highest BCUT2D eigenvalue weighted by Gasteiger charge is 2.39. The van der Waals surface area contributed by atoms with Crippen LogP contribution in [-0.2, 0) is 55.6 Å². The third kappa shape index (κ3) is 8.01. The summed E-state index contributed by atoms with van der Waals surface area (Å²) in [5, 5.41) is 2.72. The molecule has 0 radical (unpaired) electrons. The number of hydrogen-bond acceptors (Lipinski definition) is 10. The molecule has 14 nitrogen and oxygen atoms in total. The molecule has 4 aromatic rings. The Kier molecular flexibility index (Phi) is 12.7. The third-order valence-electron chi connectivity index (χ3n) is 11.1. The zero-order chi connectivity index (χ0) is 43.3. The predicted molar refractivity (Wildman–Crippen MR) is 236 cm³/mol. The van der Waals surface area contributed by atoms with Gasteiger partial charge in [-0.1, -0.05) is 46.9 Å². The van der Waals surface area contributed by atoms with E-state index in [-0.39, 0.29) is 9.79 Å². The molecule has 0 bridgehead atoms. The first-order valence-corrected chi connectivity index (χ1v) is 23.7. The largest absolute Gasteiger partial charge is 0.318 e. The van der Waals surface area contributed by atoms with Gasteiger partial charge in [-0.25, -0.2) is 25.4 Å². The summed E-state index contributed by atoms with van der Waals surface area (Å²) in [5.41, 5.74) is 9.72. The third-order valence-corrected chi connectivity index (χ3v) is 14.7. The molecular formula is C42H47IN6O8S2. The highest BCUT2D eigenvalue weighted by atomic mass is 127. The number of nitrogens with zero attached hydrogens (tertiary/aromatic N) is 5. The number of likely N-dealkylation sites (N-methyl/N-ethyl adjacent to an activating group) is 3. The quantitative estimate of drug-likeness (QED) is 0.165. The Hall–Kier alpha value is -4.37. The summed E-state index contributed by atoms with van der Waals surface area (Å²) in [4.78, 5) is 57.2. The van der Waals surface area contributed by atoms with Crippen molar-refractivity contribution in [3.05, 3.63) is 94.0 Å². The molecule has 0 unspecified atom stereocenters. The van der Waals surface area contributed by atoms with E-state index in [1.165, 1.54) is 41.7 Å². The van der Waals surface area contributed by atoms with Crippen LogP contribution in [-0.4, -0.2) is 126 Å². The molecular weight excluding hydrogens is 908 g/mol. The fourth-order valence-corrected chi connectivity index (χ4v) is 9.66. The maximum Gasteiger partial charge on any atom is 0.299 e. The van der Waals surface area contributed by atoms with Crippen molar-refractivity contribution < 1.29 is 36.0 Å². The van der Waals surface area contributed by atoms with Gasteiger partial charge in [0.15, 0.2) is 0 Å². The van der Waals surface area contributed by atoms with Crippen LogP contribution in [0.4, 0.5) is 11.4 Å². The van der Waals surface area contributed by atoms with Gasteiger partial charge in [0.2, 0.25) is 20.0 Å². The van der Waals surface area contributed by atoms with E-state index in [0.29, 0.717) is 35.6 Å². The molecule has 4 aliphatic rings. The number of amides is 2. The lowest BCUT2D eigenvalue weighted by Crippen LogP contribution is -2.30. The summed E-state index contributed by atoms with van der Waals surface area (Å²) < 4.78 is 51.7. The lowest BCUT2D eigenvalue weighted by atomic mass is 9.87. The Morgan fingerprint density at radius 3 is 1.46 bits per heavy atom. The molecule has 0 fully saturated rings. The maximum atomic E-state index is 12.5. The van der Waals surface area contributed by atoms with Crippen molar-refractivity contribution in [1.29, 1.82) is 0 Å². The van der Waals surface area contributed by atoms with Crippen molar-refractivity contribution in [2.24, 2.45) is 0 Å². The number of anilines is 2. The first kappa shape index (κ1) is 44.2. The second-order valence-electron chi connectivity index (χ2n) is 15.2. The van der Waals surface area contributed by atoms with Crippen LogP contribution in [0.3, 0.4) is 0 Å². The van der Waals surface area contributed by atoms with Crippen molar-refractivity contribution in [2.45, 2.75) is 35.7 Å². The SMILES string of the molecule is CI.CN1CCc2c(-c3ccc(S(=O)(=O)N(C)C)cc3)cc3c(c2C1)N(C)C(=O)C3=O.CN1CCc2c(-c3ccc(S(=O)(=O)N(C)C)cc3)cc3c(c2C1)NC(=O)C3=O. The van der Waals surface area contributed by atoms with Crippen LogP contribution in [0.2, 0.25) is 0 Å². The summed E-state index contributed by atoms with van der Waals surface area (Å²) in [6.07, 6.45) is 1.58. The van der Waals surface area contributed by atoms with Gasteiger partial charge >= 0.3 is 0 Å². The van der Waals surface area contributed by atoms with Crippen LogP contribution < -0.4 is 10.2 Å². The molecule has 0 atom stereocenters. The number of hydrogen-bond donors (Lipinski definition) is 1. The van der Waals surface area contributed by atoms with Crippen LogP contribution in [0.15, 0.2) is 70.5 Å². The first-order valence-electron chi connectivity index (χ1n) is 18.7. The van der Waals surface area contributed by atoms with Gasteiger partial charge in [0.25, 0.3) is 23.4 Å². The number of nitrogens with one attached hydrogen (secondary N) is 1. The molecule has 4 heterocycles. The van der Waals surface area contributed by atoms with E-state index in [2.05, 4.69) is 37.7 Å². The van der Waals surface area contributed by atoms with E-state index in [1.54, 1.807) is 67.7 Å². The van der Waals surface area contributed by atoms with Crippen molar-refractivity contribution >= 4 is 77.4 Å². The zero-order valence-electron chi connectivity index (χ0n) is 34.2. The van der Waals surface area contributed by atoms with E-state index in [1.807, 2.05) is 19.0 Å². The molecule has 2 amide bonds. The first-order chi connectivity index (χ1) is 27.8. The number of carbonyl (C=O) groups excluding carboxylic acids is 4. The summed E-state index contributed by atoms with van der Waals surface area (Å²) in [6.45, 7) is 3.04. The Labute approximate surface area is 359 Å². The number of alkyl halides is 1. The normalized spacial score (nSPS) is 16.5. The standard InChI is InChI=1S/C21H23N3O4S.C20H21N3O4S.CH3I/c1-22(2)29(27,28)14-7-5-13(6-8-14)16-11-17-19(24(4)21(26)20(17)25)18-12-23(3)10-9-15(16)18;1-22(2)28(26,27)13-6-4-12(5-7-13)15-10-16-18(21-20(25)19(16)24)17-11-23(3)9-8-14(15)17;1-2/h5-8,11H,9-10,12H2,1-4H3;4-7,10H,8-9,11H2,1-3H3,(H,21,24,25);1H3.